The first-order chi connectivity index (χ1) is 7.16. The quantitative estimate of drug-likeness (QED) is 0.651. The molecule has 1 heterocycles. The highest BCUT2D eigenvalue weighted by Gasteiger charge is 2.26. The minimum absolute atomic E-state index is 0.187. The summed E-state index contributed by atoms with van der Waals surface area (Å²) in [5.74, 6) is 0. The van der Waals surface area contributed by atoms with Crippen molar-refractivity contribution in [3.63, 3.8) is 0 Å². The smallest absolute Gasteiger partial charge is 0.320 e. The summed E-state index contributed by atoms with van der Waals surface area (Å²) in [6.07, 6.45) is 2.01. The van der Waals surface area contributed by atoms with Crippen LogP contribution in [0.4, 0.5) is 4.79 Å². The van der Waals surface area contributed by atoms with E-state index in [1.807, 2.05) is 9.80 Å². The van der Waals surface area contributed by atoms with Gasteiger partial charge in [-0.1, -0.05) is 0 Å². The number of hydrogen-bond acceptors (Lipinski definition) is 2. The number of carbonyl (C=O) groups is 1. The van der Waals surface area contributed by atoms with Crippen molar-refractivity contribution < 1.29 is 9.53 Å². The summed E-state index contributed by atoms with van der Waals surface area (Å²) in [6, 6.07) is 0.495. The van der Waals surface area contributed by atoms with Gasteiger partial charge in [0.2, 0.25) is 0 Å². The van der Waals surface area contributed by atoms with Gasteiger partial charge in [-0.25, -0.2) is 4.79 Å². The van der Waals surface area contributed by atoms with E-state index in [0.29, 0.717) is 6.04 Å². The van der Waals surface area contributed by atoms with Crippen molar-refractivity contribution in [3.8, 4) is 0 Å². The molecule has 0 unspecified atom stereocenters. The Morgan fingerprint density at radius 1 is 1.40 bits per heavy atom. The van der Waals surface area contributed by atoms with Gasteiger partial charge in [-0.05, 0) is 26.7 Å². The van der Waals surface area contributed by atoms with Crippen molar-refractivity contribution in [2.75, 3.05) is 33.4 Å². The predicted molar refractivity (Wildman–Crippen MR) is 59.9 cm³/mol. The van der Waals surface area contributed by atoms with Gasteiger partial charge in [-0.2, -0.15) is 0 Å². The van der Waals surface area contributed by atoms with Gasteiger partial charge in [-0.3, -0.25) is 0 Å². The fourth-order valence-electron chi connectivity index (χ4n) is 1.89. The van der Waals surface area contributed by atoms with Crippen LogP contribution in [0.25, 0.3) is 0 Å². The highest BCUT2D eigenvalue weighted by atomic mass is 16.5. The summed E-state index contributed by atoms with van der Waals surface area (Å²) in [7, 11) is 1.69. The van der Waals surface area contributed by atoms with Gasteiger partial charge in [0.05, 0.1) is 0 Å². The van der Waals surface area contributed by atoms with Gasteiger partial charge in [0, 0.05) is 39.4 Å². The van der Waals surface area contributed by atoms with Crippen LogP contribution in [-0.4, -0.2) is 55.2 Å². The second-order valence-electron chi connectivity index (χ2n) is 4.26. The van der Waals surface area contributed by atoms with E-state index in [2.05, 4.69) is 13.8 Å². The first kappa shape index (κ1) is 12.3. The van der Waals surface area contributed by atoms with Crippen LogP contribution >= 0.6 is 0 Å². The monoisotopic (exact) mass is 214 g/mol. The van der Waals surface area contributed by atoms with E-state index in [4.69, 9.17) is 4.74 Å². The first-order valence-electron chi connectivity index (χ1n) is 5.71. The molecule has 0 aromatic rings. The van der Waals surface area contributed by atoms with Gasteiger partial charge < -0.3 is 14.5 Å². The molecular weight excluding hydrogens is 192 g/mol. The van der Waals surface area contributed by atoms with E-state index in [0.717, 1.165) is 39.1 Å². The van der Waals surface area contributed by atoms with E-state index in [1.165, 1.54) is 0 Å². The maximum absolute atomic E-state index is 12.0. The number of methoxy groups -OCH3 is 1. The second kappa shape index (κ2) is 5.95. The molecule has 1 fully saturated rings. The zero-order valence-corrected chi connectivity index (χ0v) is 10.0. The van der Waals surface area contributed by atoms with E-state index in [9.17, 15) is 4.79 Å². The van der Waals surface area contributed by atoms with Crippen LogP contribution in [0.15, 0.2) is 0 Å². The topological polar surface area (TPSA) is 32.8 Å². The van der Waals surface area contributed by atoms with E-state index in [1.54, 1.807) is 7.11 Å². The maximum Gasteiger partial charge on any atom is 0.320 e. The fourth-order valence-corrected chi connectivity index (χ4v) is 1.89. The van der Waals surface area contributed by atoms with Crippen molar-refractivity contribution in [1.82, 2.24) is 9.80 Å². The molecule has 1 saturated heterocycles. The molecule has 0 aromatic heterocycles. The number of ether oxygens (including phenoxy) is 1. The highest BCUT2D eigenvalue weighted by molar-refractivity contribution is 5.75. The van der Waals surface area contributed by atoms with E-state index in [-0.39, 0.29) is 6.03 Å². The molecule has 1 aliphatic heterocycles. The average Bonchev–Trinajstić information content (AvgIpc) is 2.20. The van der Waals surface area contributed by atoms with E-state index >= 15 is 0 Å². The zero-order chi connectivity index (χ0) is 11.3. The molecule has 0 spiro atoms. The highest BCUT2D eigenvalue weighted by Crippen LogP contribution is 2.12. The largest absolute Gasteiger partial charge is 0.385 e. The number of rotatable bonds is 5. The van der Waals surface area contributed by atoms with Crippen molar-refractivity contribution in [3.05, 3.63) is 0 Å². The Bertz CT molecular complexity index is 207. The number of nitrogens with zero attached hydrogens (tertiary/aromatic N) is 2. The molecule has 4 heteroatoms. The normalized spacial score (nSPS) is 17.7. The van der Waals surface area contributed by atoms with Gasteiger partial charge in [-0.15, -0.1) is 0 Å². The number of carbonyl (C=O) groups excluding carboxylic acids is 1. The summed E-state index contributed by atoms with van der Waals surface area (Å²) in [6.45, 7) is 7.47. The predicted octanol–water partition coefficient (Wildman–Crippen LogP) is 1.56. The third-order valence-corrected chi connectivity index (χ3v) is 2.74. The SMILES string of the molecule is COCCCN1CCCN(C(C)C)C1=O. The van der Waals surface area contributed by atoms with Crippen molar-refractivity contribution in [2.45, 2.75) is 32.7 Å². The molecule has 4 nitrogen and oxygen atoms in total. The molecule has 0 aliphatic carbocycles. The van der Waals surface area contributed by atoms with Crippen molar-refractivity contribution in [1.29, 1.82) is 0 Å². The molecule has 0 aromatic carbocycles. The summed E-state index contributed by atoms with van der Waals surface area (Å²) in [5.41, 5.74) is 0. The molecule has 1 rings (SSSR count). The molecule has 0 saturated carbocycles. The number of amides is 2. The lowest BCUT2D eigenvalue weighted by Gasteiger charge is -2.38. The molecule has 0 N–H and O–H groups in total. The van der Waals surface area contributed by atoms with Crippen LogP contribution < -0.4 is 0 Å². The zero-order valence-electron chi connectivity index (χ0n) is 10.0. The summed E-state index contributed by atoms with van der Waals surface area (Å²) >= 11 is 0. The van der Waals surface area contributed by atoms with Crippen LogP contribution in [0, 0.1) is 0 Å². The molecular formula is C11H22N2O2. The molecule has 0 atom stereocenters. The molecule has 2 amide bonds. The Morgan fingerprint density at radius 2 is 2.13 bits per heavy atom. The number of hydrogen-bond donors (Lipinski definition) is 0. The lowest BCUT2D eigenvalue weighted by atomic mass is 10.2. The van der Waals surface area contributed by atoms with Crippen molar-refractivity contribution in [2.24, 2.45) is 0 Å². The molecule has 15 heavy (non-hydrogen) atoms. The van der Waals surface area contributed by atoms with Crippen LogP contribution in [0.3, 0.4) is 0 Å². The minimum atomic E-state index is 0.187. The third kappa shape index (κ3) is 3.38. The molecule has 0 bridgehead atoms. The van der Waals surface area contributed by atoms with Gasteiger partial charge in [0.15, 0.2) is 0 Å². The van der Waals surface area contributed by atoms with Gasteiger partial charge >= 0.3 is 6.03 Å². The number of urea groups is 1. The van der Waals surface area contributed by atoms with Gasteiger partial charge in [0.1, 0.15) is 0 Å². The van der Waals surface area contributed by atoms with Crippen LogP contribution in [-0.2, 0) is 4.74 Å². The standard InChI is InChI=1S/C11H22N2O2/c1-10(2)13-8-4-6-12(11(13)14)7-5-9-15-3/h10H,4-9H2,1-3H3. The Kier molecular flexibility index (Phi) is 4.88. The molecule has 1 aliphatic rings. The first-order valence-corrected chi connectivity index (χ1v) is 5.71. The van der Waals surface area contributed by atoms with Crippen molar-refractivity contribution >= 4 is 6.03 Å². The lowest BCUT2D eigenvalue weighted by molar-refractivity contribution is 0.108. The average molecular weight is 214 g/mol. The van der Waals surface area contributed by atoms with E-state index < -0.39 is 0 Å². The van der Waals surface area contributed by atoms with Crippen LogP contribution in [0.5, 0.6) is 0 Å². The maximum atomic E-state index is 12.0. The summed E-state index contributed by atoms with van der Waals surface area (Å²) in [4.78, 5) is 15.8. The Labute approximate surface area is 92.2 Å². The van der Waals surface area contributed by atoms with Crippen LogP contribution in [0.2, 0.25) is 0 Å². The molecule has 0 radical (unpaired) electrons. The fraction of sp³-hybridized carbons (Fsp3) is 0.909. The Hall–Kier alpha value is -0.770. The minimum Gasteiger partial charge on any atom is -0.385 e. The Balaban J connectivity index is 2.40. The van der Waals surface area contributed by atoms with Crippen LogP contribution in [0.1, 0.15) is 26.7 Å². The summed E-state index contributed by atoms with van der Waals surface area (Å²) < 4.78 is 4.99. The lowest BCUT2D eigenvalue weighted by Crippen LogP contribution is -2.52. The van der Waals surface area contributed by atoms with Gasteiger partial charge in [0.25, 0.3) is 0 Å². The third-order valence-electron chi connectivity index (χ3n) is 2.74. The second-order valence-corrected chi connectivity index (χ2v) is 4.26. The Morgan fingerprint density at radius 3 is 2.73 bits per heavy atom. The summed E-state index contributed by atoms with van der Waals surface area (Å²) in [5, 5.41) is 0. The molecule has 88 valence electrons.